The van der Waals surface area contributed by atoms with Gasteiger partial charge in [-0.25, -0.2) is 0 Å². The highest BCUT2D eigenvalue weighted by Crippen LogP contribution is 2.44. The molecule has 0 bridgehead atoms. The van der Waals surface area contributed by atoms with E-state index in [0.29, 0.717) is 25.4 Å². The summed E-state index contributed by atoms with van der Waals surface area (Å²) in [6.07, 6.45) is 2.07. The molecule has 0 N–H and O–H groups in total. The zero-order valence-corrected chi connectivity index (χ0v) is 15.5. The summed E-state index contributed by atoms with van der Waals surface area (Å²) >= 11 is 7.55. The SMILES string of the molecule is Cc1cccc(C(=O)N2CCSC23CCN(C(=O)CCCl)CC3)c1. The van der Waals surface area contributed by atoms with Crippen LogP contribution in [0.1, 0.15) is 35.2 Å². The molecule has 0 atom stereocenters. The highest BCUT2D eigenvalue weighted by atomic mass is 35.5. The largest absolute Gasteiger partial charge is 0.342 e. The lowest BCUT2D eigenvalue weighted by molar-refractivity contribution is -0.132. The van der Waals surface area contributed by atoms with Crippen molar-refractivity contribution >= 4 is 35.2 Å². The summed E-state index contributed by atoms with van der Waals surface area (Å²) in [7, 11) is 0. The van der Waals surface area contributed by atoms with Crippen LogP contribution in [0.3, 0.4) is 0 Å². The molecule has 1 spiro atoms. The Balaban J connectivity index is 1.72. The predicted octanol–water partition coefficient (Wildman–Crippen LogP) is 3.13. The normalized spacial score (nSPS) is 19.8. The monoisotopic (exact) mass is 366 g/mol. The molecule has 2 aliphatic rings. The van der Waals surface area contributed by atoms with E-state index in [9.17, 15) is 9.59 Å². The molecule has 4 nitrogen and oxygen atoms in total. The number of carbonyl (C=O) groups is 2. The minimum Gasteiger partial charge on any atom is -0.342 e. The molecule has 24 heavy (non-hydrogen) atoms. The molecule has 0 aromatic heterocycles. The lowest BCUT2D eigenvalue weighted by Gasteiger charge is -2.44. The van der Waals surface area contributed by atoms with Crippen LogP contribution in [0.2, 0.25) is 0 Å². The topological polar surface area (TPSA) is 40.6 Å². The summed E-state index contributed by atoms with van der Waals surface area (Å²) in [6.45, 7) is 4.21. The molecule has 1 aromatic rings. The van der Waals surface area contributed by atoms with Gasteiger partial charge in [0.25, 0.3) is 5.91 Å². The van der Waals surface area contributed by atoms with Crippen molar-refractivity contribution in [3.05, 3.63) is 35.4 Å². The van der Waals surface area contributed by atoms with E-state index in [0.717, 1.165) is 36.3 Å². The number of carbonyl (C=O) groups excluding carboxylic acids is 2. The minimum absolute atomic E-state index is 0.115. The van der Waals surface area contributed by atoms with E-state index < -0.39 is 0 Å². The number of rotatable bonds is 3. The van der Waals surface area contributed by atoms with Crippen molar-refractivity contribution in [2.45, 2.75) is 31.1 Å². The van der Waals surface area contributed by atoms with Gasteiger partial charge in [0.2, 0.25) is 5.91 Å². The van der Waals surface area contributed by atoms with E-state index >= 15 is 0 Å². The lowest BCUT2D eigenvalue weighted by atomic mass is 10.0. The van der Waals surface area contributed by atoms with Gasteiger partial charge in [-0.2, -0.15) is 0 Å². The molecule has 0 radical (unpaired) electrons. The first kappa shape index (κ1) is 17.6. The maximum Gasteiger partial charge on any atom is 0.255 e. The van der Waals surface area contributed by atoms with Gasteiger partial charge in [-0.15, -0.1) is 23.4 Å². The van der Waals surface area contributed by atoms with Crippen LogP contribution in [-0.4, -0.2) is 57.8 Å². The first-order chi connectivity index (χ1) is 11.6. The van der Waals surface area contributed by atoms with Crippen LogP contribution in [0.15, 0.2) is 24.3 Å². The van der Waals surface area contributed by atoms with Crippen LogP contribution in [0.25, 0.3) is 0 Å². The number of piperidine rings is 1. The minimum atomic E-state index is -0.154. The van der Waals surface area contributed by atoms with Crippen molar-refractivity contribution in [1.29, 1.82) is 0 Å². The van der Waals surface area contributed by atoms with E-state index in [1.54, 1.807) is 0 Å². The molecule has 0 aliphatic carbocycles. The zero-order valence-electron chi connectivity index (χ0n) is 14.0. The van der Waals surface area contributed by atoms with E-state index in [-0.39, 0.29) is 16.7 Å². The van der Waals surface area contributed by atoms with Gasteiger partial charge in [-0.05, 0) is 31.9 Å². The van der Waals surface area contributed by atoms with Gasteiger partial charge >= 0.3 is 0 Å². The highest BCUT2D eigenvalue weighted by molar-refractivity contribution is 8.00. The highest BCUT2D eigenvalue weighted by Gasteiger charge is 2.46. The number of alkyl halides is 1. The quantitative estimate of drug-likeness (QED) is 0.772. The van der Waals surface area contributed by atoms with Gasteiger partial charge in [0.15, 0.2) is 0 Å². The third-order valence-corrected chi connectivity index (χ3v) is 6.64. The van der Waals surface area contributed by atoms with Crippen LogP contribution < -0.4 is 0 Å². The second-order valence-electron chi connectivity index (χ2n) is 6.44. The van der Waals surface area contributed by atoms with Crippen LogP contribution in [-0.2, 0) is 4.79 Å². The van der Waals surface area contributed by atoms with Crippen molar-refractivity contribution in [2.24, 2.45) is 0 Å². The molecule has 0 unspecified atom stereocenters. The Morgan fingerprint density at radius 2 is 2.00 bits per heavy atom. The molecule has 2 saturated heterocycles. The first-order valence-corrected chi connectivity index (χ1v) is 9.94. The number of amides is 2. The Bertz CT molecular complexity index is 629. The lowest BCUT2D eigenvalue weighted by Crippen LogP contribution is -2.53. The number of hydrogen-bond donors (Lipinski definition) is 0. The molecule has 2 aliphatic heterocycles. The molecule has 1 aromatic carbocycles. The van der Waals surface area contributed by atoms with Crippen molar-refractivity contribution in [1.82, 2.24) is 9.80 Å². The summed E-state index contributed by atoms with van der Waals surface area (Å²) in [5.41, 5.74) is 1.86. The molecule has 0 saturated carbocycles. The summed E-state index contributed by atoms with van der Waals surface area (Å²) in [5.74, 6) is 1.57. The van der Waals surface area contributed by atoms with Crippen molar-refractivity contribution in [3.8, 4) is 0 Å². The average Bonchev–Trinajstić information content (AvgIpc) is 2.98. The number of aryl methyl sites for hydroxylation is 1. The van der Waals surface area contributed by atoms with Crippen molar-refractivity contribution < 1.29 is 9.59 Å². The third kappa shape index (κ3) is 3.42. The van der Waals surface area contributed by atoms with Gasteiger partial charge in [0.05, 0.1) is 4.87 Å². The Morgan fingerprint density at radius 3 is 2.67 bits per heavy atom. The number of thioether (sulfide) groups is 1. The Labute approximate surface area is 152 Å². The van der Waals surface area contributed by atoms with Gasteiger partial charge < -0.3 is 9.80 Å². The zero-order chi connectivity index (χ0) is 17.2. The Morgan fingerprint density at radius 1 is 1.25 bits per heavy atom. The van der Waals surface area contributed by atoms with Crippen molar-refractivity contribution in [2.75, 3.05) is 31.3 Å². The van der Waals surface area contributed by atoms with Crippen molar-refractivity contribution in [3.63, 3.8) is 0 Å². The molecule has 2 amide bonds. The fourth-order valence-electron chi connectivity index (χ4n) is 3.59. The molecular weight excluding hydrogens is 344 g/mol. The standard InChI is InChI=1S/C18H23ClN2O2S/c1-14-3-2-4-15(13-14)17(23)21-11-12-24-18(21)6-9-20(10-7-18)16(22)5-8-19/h2-4,13H,5-12H2,1H3. The summed E-state index contributed by atoms with van der Waals surface area (Å²) in [5, 5.41) is 0. The van der Waals surface area contributed by atoms with Gasteiger partial charge in [-0.3, -0.25) is 9.59 Å². The molecule has 6 heteroatoms. The van der Waals surface area contributed by atoms with Crippen LogP contribution in [0.4, 0.5) is 0 Å². The van der Waals surface area contributed by atoms with Gasteiger partial charge in [0.1, 0.15) is 0 Å². The average molecular weight is 367 g/mol. The summed E-state index contributed by atoms with van der Waals surface area (Å²) in [6, 6.07) is 7.79. The predicted molar refractivity (Wildman–Crippen MR) is 98.6 cm³/mol. The number of hydrogen-bond acceptors (Lipinski definition) is 3. The maximum absolute atomic E-state index is 13.0. The third-order valence-electron chi connectivity index (χ3n) is 4.89. The smallest absolute Gasteiger partial charge is 0.255 e. The summed E-state index contributed by atoms with van der Waals surface area (Å²) < 4.78 is 0. The van der Waals surface area contributed by atoms with Crippen LogP contribution in [0.5, 0.6) is 0 Å². The van der Waals surface area contributed by atoms with Gasteiger partial charge in [-0.1, -0.05) is 17.7 Å². The van der Waals surface area contributed by atoms with Crippen LogP contribution in [0, 0.1) is 6.92 Å². The second kappa shape index (κ2) is 7.36. The Hall–Kier alpha value is -1.20. The first-order valence-electron chi connectivity index (χ1n) is 8.42. The number of benzene rings is 1. The van der Waals surface area contributed by atoms with E-state index in [1.807, 2.05) is 52.8 Å². The fraction of sp³-hybridized carbons (Fsp3) is 0.556. The number of likely N-dealkylation sites (tertiary alicyclic amines) is 1. The molecule has 2 fully saturated rings. The fourth-order valence-corrected chi connectivity index (χ4v) is 5.20. The number of nitrogens with zero attached hydrogens (tertiary/aromatic N) is 2. The second-order valence-corrected chi connectivity index (χ2v) is 8.28. The van der Waals surface area contributed by atoms with E-state index in [2.05, 4.69) is 0 Å². The Kier molecular flexibility index (Phi) is 5.40. The maximum atomic E-state index is 13.0. The summed E-state index contributed by atoms with van der Waals surface area (Å²) in [4.78, 5) is 28.8. The molecule has 130 valence electrons. The molecule has 3 rings (SSSR count). The van der Waals surface area contributed by atoms with Crippen LogP contribution >= 0.6 is 23.4 Å². The van der Waals surface area contributed by atoms with Gasteiger partial charge in [0, 0.05) is 43.3 Å². The number of halogens is 1. The molecular formula is C18H23ClN2O2S. The van der Waals surface area contributed by atoms with E-state index in [1.165, 1.54) is 0 Å². The van der Waals surface area contributed by atoms with E-state index in [4.69, 9.17) is 11.6 Å². The molecule has 2 heterocycles.